The smallest absolute Gasteiger partial charge is 0.0346 e. The molecule has 2 heterocycles. The highest BCUT2D eigenvalue weighted by Crippen LogP contribution is 2.26. The summed E-state index contributed by atoms with van der Waals surface area (Å²) >= 11 is 2.16. The van der Waals surface area contributed by atoms with Crippen molar-refractivity contribution < 1.29 is 0 Å². The van der Waals surface area contributed by atoms with Gasteiger partial charge >= 0.3 is 0 Å². The lowest BCUT2D eigenvalue weighted by Crippen LogP contribution is -2.60. The molecule has 0 aromatic heterocycles. The number of hydrogen-bond donors (Lipinski definition) is 1. The Morgan fingerprint density at radius 2 is 2.15 bits per heavy atom. The standard InChI is InChI=1S/C10H20N2S/c1-8(2)10-7-12(3-4-13-10)9-5-11-6-9/h8-11H,3-7H2,1-2H3. The Morgan fingerprint density at radius 1 is 1.38 bits per heavy atom. The summed E-state index contributed by atoms with van der Waals surface area (Å²) in [6.07, 6.45) is 0. The van der Waals surface area contributed by atoms with Crippen molar-refractivity contribution in [2.75, 3.05) is 31.9 Å². The summed E-state index contributed by atoms with van der Waals surface area (Å²) in [4.78, 5) is 2.68. The predicted octanol–water partition coefficient (Wildman–Crippen LogP) is 1.03. The van der Waals surface area contributed by atoms with E-state index in [1.807, 2.05) is 0 Å². The molecule has 2 aliphatic rings. The molecule has 0 amide bonds. The van der Waals surface area contributed by atoms with Crippen molar-refractivity contribution in [2.45, 2.75) is 25.1 Å². The van der Waals surface area contributed by atoms with Gasteiger partial charge in [-0.25, -0.2) is 0 Å². The summed E-state index contributed by atoms with van der Waals surface area (Å²) in [5.74, 6) is 2.17. The minimum absolute atomic E-state index is 0.834. The topological polar surface area (TPSA) is 15.3 Å². The van der Waals surface area contributed by atoms with Gasteiger partial charge in [-0.1, -0.05) is 13.8 Å². The van der Waals surface area contributed by atoms with Crippen LogP contribution in [0.3, 0.4) is 0 Å². The van der Waals surface area contributed by atoms with Gasteiger partial charge in [-0.05, 0) is 5.92 Å². The maximum absolute atomic E-state index is 3.35. The highest BCUT2D eigenvalue weighted by Gasteiger charge is 2.30. The van der Waals surface area contributed by atoms with Crippen LogP contribution in [-0.2, 0) is 0 Å². The molecule has 0 aliphatic carbocycles. The Bertz CT molecular complexity index is 168. The first-order valence-corrected chi connectivity index (χ1v) is 6.38. The molecule has 0 aromatic carbocycles. The molecule has 1 atom stereocenters. The molecule has 0 bridgehead atoms. The third-order valence-corrected chi connectivity index (χ3v) is 4.68. The van der Waals surface area contributed by atoms with Crippen LogP contribution in [0.1, 0.15) is 13.8 Å². The zero-order chi connectivity index (χ0) is 9.26. The van der Waals surface area contributed by atoms with Gasteiger partial charge in [0.25, 0.3) is 0 Å². The minimum atomic E-state index is 0.834. The van der Waals surface area contributed by atoms with Crippen LogP contribution in [0.15, 0.2) is 0 Å². The van der Waals surface area contributed by atoms with Gasteiger partial charge in [-0.3, -0.25) is 4.90 Å². The van der Waals surface area contributed by atoms with Crippen molar-refractivity contribution in [2.24, 2.45) is 5.92 Å². The van der Waals surface area contributed by atoms with Crippen LogP contribution < -0.4 is 5.32 Å². The molecule has 2 nitrogen and oxygen atoms in total. The quantitative estimate of drug-likeness (QED) is 0.717. The molecule has 2 fully saturated rings. The highest BCUT2D eigenvalue weighted by atomic mass is 32.2. The number of hydrogen-bond acceptors (Lipinski definition) is 3. The Labute approximate surface area is 85.4 Å². The molecular formula is C10H20N2S. The zero-order valence-corrected chi connectivity index (χ0v) is 9.44. The van der Waals surface area contributed by atoms with E-state index >= 15 is 0 Å². The molecule has 0 saturated carbocycles. The van der Waals surface area contributed by atoms with Crippen LogP contribution >= 0.6 is 11.8 Å². The van der Waals surface area contributed by atoms with Gasteiger partial charge in [-0.2, -0.15) is 11.8 Å². The average molecular weight is 200 g/mol. The van der Waals surface area contributed by atoms with Gasteiger partial charge in [0.1, 0.15) is 0 Å². The molecule has 2 saturated heterocycles. The second-order valence-corrected chi connectivity index (χ2v) is 5.81. The normalized spacial score (nSPS) is 32.1. The second kappa shape index (κ2) is 4.20. The van der Waals surface area contributed by atoms with E-state index in [0.29, 0.717) is 0 Å². The van der Waals surface area contributed by atoms with E-state index in [0.717, 1.165) is 17.2 Å². The number of nitrogens with one attached hydrogen (secondary N) is 1. The molecule has 3 heteroatoms. The Hall–Kier alpha value is 0.270. The predicted molar refractivity (Wildman–Crippen MR) is 59.3 cm³/mol. The average Bonchev–Trinajstić information content (AvgIpc) is 2.01. The van der Waals surface area contributed by atoms with E-state index in [4.69, 9.17) is 0 Å². The van der Waals surface area contributed by atoms with Crippen molar-refractivity contribution >= 4 is 11.8 Å². The molecular weight excluding hydrogens is 180 g/mol. The van der Waals surface area contributed by atoms with Crippen LogP contribution in [0.5, 0.6) is 0 Å². The monoisotopic (exact) mass is 200 g/mol. The van der Waals surface area contributed by atoms with Crippen LogP contribution in [-0.4, -0.2) is 48.1 Å². The fourth-order valence-electron chi connectivity index (χ4n) is 1.96. The van der Waals surface area contributed by atoms with Crippen LogP contribution in [0, 0.1) is 5.92 Å². The van der Waals surface area contributed by atoms with Crippen molar-refractivity contribution in [3.8, 4) is 0 Å². The summed E-state index contributed by atoms with van der Waals surface area (Å²) < 4.78 is 0. The van der Waals surface area contributed by atoms with E-state index in [2.05, 4.69) is 35.8 Å². The third kappa shape index (κ3) is 2.20. The van der Waals surface area contributed by atoms with Gasteiger partial charge in [-0.15, -0.1) is 0 Å². The molecule has 13 heavy (non-hydrogen) atoms. The fraction of sp³-hybridized carbons (Fsp3) is 1.00. The SMILES string of the molecule is CC(C)C1CN(C2CNC2)CCS1. The van der Waals surface area contributed by atoms with Crippen molar-refractivity contribution in [3.05, 3.63) is 0 Å². The third-order valence-electron chi connectivity index (χ3n) is 3.14. The molecule has 0 aromatic rings. The molecule has 76 valence electrons. The van der Waals surface area contributed by atoms with Crippen molar-refractivity contribution in [1.29, 1.82) is 0 Å². The maximum Gasteiger partial charge on any atom is 0.0346 e. The van der Waals surface area contributed by atoms with E-state index < -0.39 is 0 Å². The lowest BCUT2D eigenvalue weighted by molar-refractivity contribution is 0.145. The molecule has 1 N–H and O–H groups in total. The van der Waals surface area contributed by atoms with Gasteiger partial charge in [0.15, 0.2) is 0 Å². The largest absolute Gasteiger partial charge is 0.314 e. The molecule has 0 spiro atoms. The molecule has 0 radical (unpaired) electrons. The van der Waals surface area contributed by atoms with Gasteiger partial charge in [0.05, 0.1) is 0 Å². The Balaban J connectivity index is 1.84. The first-order valence-electron chi connectivity index (χ1n) is 5.33. The van der Waals surface area contributed by atoms with Crippen LogP contribution in [0.2, 0.25) is 0 Å². The number of thioether (sulfide) groups is 1. The Morgan fingerprint density at radius 3 is 2.69 bits per heavy atom. The second-order valence-electron chi connectivity index (χ2n) is 4.46. The van der Waals surface area contributed by atoms with Crippen LogP contribution in [0.25, 0.3) is 0 Å². The summed E-state index contributed by atoms with van der Waals surface area (Å²) in [5, 5.41) is 4.22. The van der Waals surface area contributed by atoms with Crippen molar-refractivity contribution in [3.63, 3.8) is 0 Å². The van der Waals surface area contributed by atoms with E-state index in [1.165, 1.54) is 31.9 Å². The Kier molecular flexibility index (Phi) is 3.17. The number of rotatable bonds is 2. The van der Waals surface area contributed by atoms with E-state index in [-0.39, 0.29) is 0 Å². The first kappa shape index (κ1) is 9.81. The zero-order valence-electron chi connectivity index (χ0n) is 8.62. The summed E-state index contributed by atoms with van der Waals surface area (Å²) in [5.41, 5.74) is 0. The maximum atomic E-state index is 3.35. The van der Waals surface area contributed by atoms with Crippen LogP contribution in [0.4, 0.5) is 0 Å². The van der Waals surface area contributed by atoms with E-state index in [1.54, 1.807) is 0 Å². The van der Waals surface area contributed by atoms with Gasteiger partial charge < -0.3 is 5.32 Å². The van der Waals surface area contributed by atoms with Crippen molar-refractivity contribution in [1.82, 2.24) is 10.2 Å². The number of nitrogens with zero attached hydrogens (tertiary/aromatic N) is 1. The lowest BCUT2D eigenvalue weighted by atomic mass is 10.1. The molecule has 2 aliphatic heterocycles. The molecule has 1 unspecified atom stereocenters. The highest BCUT2D eigenvalue weighted by molar-refractivity contribution is 8.00. The lowest BCUT2D eigenvalue weighted by Gasteiger charge is -2.43. The fourth-order valence-corrected chi connectivity index (χ4v) is 3.29. The van der Waals surface area contributed by atoms with E-state index in [9.17, 15) is 0 Å². The summed E-state index contributed by atoms with van der Waals surface area (Å²) in [6.45, 7) is 9.75. The molecule has 2 rings (SSSR count). The van der Waals surface area contributed by atoms with Gasteiger partial charge in [0.2, 0.25) is 0 Å². The summed E-state index contributed by atoms with van der Waals surface area (Å²) in [7, 11) is 0. The van der Waals surface area contributed by atoms with Gasteiger partial charge in [0, 0.05) is 43.2 Å². The minimum Gasteiger partial charge on any atom is -0.314 e. The summed E-state index contributed by atoms with van der Waals surface area (Å²) in [6, 6.07) is 0.849. The first-order chi connectivity index (χ1) is 6.27.